The van der Waals surface area contributed by atoms with Crippen LogP contribution in [0.1, 0.15) is 30.5 Å². The van der Waals surface area contributed by atoms with Crippen LogP contribution in [0.3, 0.4) is 0 Å². The molecule has 0 saturated carbocycles. The molecule has 0 N–H and O–H groups in total. The summed E-state index contributed by atoms with van der Waals surface area (Å²) in [6.07, 6.45) is 0.197. The maximum Gasteiger partial charge on any atom is 0.308 e. The summed E-state index contributed by atoms with van der Waals surface area (Å²) in [5.41, 5.74) is 2.36. The molecule has 1 atom stereocenters. The number of nitrogens with zero attached hydrogens (tertiary/aromatic N) is 2. The standard InChI is InChI=1S/C31H29FN2O5S/c1-2-33(28-13-7-10-22-8-3-5-11-26(22)28)30(35)21-39-31(36)20-29-27-12-6-4-9-23(27)18-19-34(29)40(37,38)25-16-14-24(32)15-17-25/h3-17,29H,2,18-21H2,1H3. The molecule has 1 unspecified atom stereocenters. The minimum atomic E-state index is -4.04. The Hall–Kier alpha value is -4.08. The predicted molar refractivity (Wildman–Crippen MR) is 151 cm³/mol. The molecule has 0 saturated heterocycles. The molecule has 0 aliphatic carbocycles. The Morgan fingerprint density at radius 1 is 0.950 bits per heavy atom. The molecule has 4 aromatic rings. The molecular weight excluding hydrogens is 531 g/mol. The van der Waals surface area contributed by atoms with Gasteiger partial charge in [-0.15, -0.1) is 0 Å². The van der Waals surface area contributed by atoms with E-state index in [-0.39, 0.29) is 23.8 Å². The van der Waals surface area contributed by atoms with E-state index in [1.165, 1.54) is 16.4 Å². The summed E-state index contributed by atoms with van der Waals surface area (Å²) in [5, 5.41) is 1.90. The van der Waals surface area contributed by atoms with Crippen LogP contribution in [0.25, 0.3) is 10.8 Å². The van der Waals surface area contributed by atoms with Crippen LogP contribution in [-0.4, -0.2) is 44.3 Å². The molecule has 0 fully saturated rings. The van der Waals surface area contributed by atoms with Gasteiger partial charge in [-0.2, -0.15) is 4.31 Å². The van der Waals surface area contributed by atoms with Gasteiger partial charge in [0.05, 0.1) is 23.0 Å². The van der Waals surface area contributed by atoms with Crippen LogP contribution < -0.4 is 4.90 Å². The lowest BCUT2D eigenvalue weighted by Gasteiger charge is -2.36. The van der Waals surface area contributed by atoms with E-state index >= 15 is 0 Å². The maximum atomic E-state index is 13.5. The summed E-state index contributed by atoms with van der Waals surface area (Å²) in [5.74, 6) is -1.62. The van der Waals surface area contributed by atoms with Crippen LogP contribution in [-0.2, 0) is 30.8 Å². The molecule has 7 nitrogen and oxygen atoms in total. The quantitative estimate of drug-likeness (QED) is 0.275. The lowest BCUT2D eigenvalue weighted by molar-refractivity contribution is -0.148. The molecule has 1 heterocycles. The number of likely N-dealkylation sites (N-methyl/N-ethyl adjacent to an activating group) is 1. The van der Waals surface area contributed by atoms with Gasteiger partial charge in [0.15, 0.2) is 6.61 Å². The molecule has 40 heavy (non-hydrogen) atoms. The maximum absolute atomic E-state index is 13.5. The Kier molecular flexibility index (Phi) is 7.95. The lowest BCUT2D eigenvalue weighted by Crippen LogP contribution is -2.41. The van der Waals surface area contributed by atoms with Gasteiger partial charge < -0.3 is 9.64 Å². The minimum Gasteiger partial charge on any atom is -0.455 e. The number of halogens is 1. The molecular formula is C31H29FN2O5S. The van der Waals surface area contributed by atoms with Gasteiger partial charge in [-0.3, -0.25) is 9.59 Å². The summed E-state index contributed by atoms with van der Waals surface area (Å²) in [6.45, 7) is 1.90. The zero-order chi connectivity index (χ0) is 28.3. The molecule has 5 rings (SSSR count). The number of sulfonamides is 1. The smallest absolute Gasteiger partial charge is 0.308 e. The third-order valence-electron chi connectivity index (χ3n) is 7.17. The summed E-state index contributed by atoms with van der Waals surface area (Å²) in [6, 6.07) is 24.5. The fourth-order valence-corrected chi connectivity index (χ4v) is 6.84. The molecule has 1 aliphatic heterocycles. The van der Waals surface area contributed by atoms with Crippen molar-refractivity contribution in [1.29, 1.82) is 0 Å². The highest BCUT2D eigenvalue weighted by atomic mass is 32.2. The van der Waals surface area contributed by atoms with E-state index in [4.69, 9.17) is 4.74 Å². The van der Waals surface area contributed by atoms with Crippen LogP contribution in [0.2, 0.25) is 0 Å². The van der Waals surface area contributed by atoms with E-state index < -0.39 is 34.5 Å². The normalized spacial score (nSPS) is 15.4. The van der Waals surface area contributed by atoms with Gasteiger partial charge in [0, 0.05) is 18.5 Å². The van der Waals surface area contributed by atoms with E-state index in [1.54, 1.807) is 17.0 Å². The van der Waals surface area contributed by atoms with Crippen molar-refractivity contribution < 1.29 is 27.1 Å². The second kappa shape index (κ2) is 11.6. The number of rotatable bonds is 8. The minimum absolute atomic E-state index is 0.0597. The molecule has 0 aromatic heterocycles. The van der Waals surface area contributed by atoms with Gasteiger partial charge in [0.2, 0.25) is 10.0 Å². The van der Waals surface area contributed by atoms with Crippen molar-refractivity contribution >= 4 is 38.4 Å². The Bertz CT molecular complexity index is 1650. The first-order chi connectivity index (χ1) is 19.3. The number of ether oxygens (including phenoxy) is 1. The fourth-order valence-electron chi connectivity index (χ4n) is 5.23. The topological polar surface area (TPSA) is 84.0 Å². The SMILES string of the molecule is CCN(C(=O)COC(=O)CC1c2ccccc2CCN1S(=O)(=O)c1ccc(F)cc1)c1cccc2ccccc12. The fraction of sp³-hybridized carbons (Fsp3) is 0.226. The number of hydrogen-bond donors (Lipinski definition) is 0. The van der Waals surface area contributed by atoms with Crippen LogP contribution in [0.15, 0.2) is 95.9 Å². The number of carbonyl (C=O) groups excluding carboxylic acids is 2. The van der Waals surface area contributed by atoms with E-state index in [9.17, 15) is 22.4 Å². The number of benzene rings is 4. The number of fused-ring (bicyclic) bond motifs is 2. The number of hydrogen-bond acceptors (Lipinski definition) is 5. The van der Waals surface area contributed by atoms with Crippen LogP contribution in [0, 0.1) is 5.82 Å². The van der Waals surface area contributed by atoms with E-state index in [0.717, 1.165) is 34.2 Å². The average molecular weight is 561 g/mol. The lowest BCUT2D eigenvalue weighted by atomic mass is 9.92. The van der Waals surface area contributed by atoms with Crippen molar-refractivity contribution in [1.82, 2.24) is 4.31 Å². The van der Waals surface area contributed by atoms with Crippen LogP contribution in [0.4, 0.5) is 10.1 Å². The third kappa shape index (κ3) is 5.48. The van der Waals surface area contributed by atoms with Crippen molar-refractivity contribution in [3.63, 3.8) is 0 Å². The molecule has 1 amide bonds. The largest absolute Gasteiger partial charge is 0.455 e. The van der Waals surface area contributed by atoms with E-state index in [0.29, 0.717) is 18.5 Å². The first-order valence-electron chi connectivity index (χ1n) is 13.1. The highest BCUT2D eigenvalue weighted by Gasteiger charge is 2.38. The summed E-state index contributed by atoms with van der Waals surface area (Å²) in [4.78, 5) is 27.7. The first-order valence-corrected chi connectivity index (χ1v) is 14.5. The number of amides is 1. The zero-order valence-electron chi connectivity index (χ0n) is 22.0. The summed E-state index contributed by atoms with van der Waals surface area (Å²) >= 11 is 0. The zero-order valence-corrected chi connectivity index (χ0v) is 22.8. The number of carbonyl (C=O) groups is 2. The van der Waals surface area contributed by atoms with Gasteiger partial charge in [-0.25, -0.2) is 12.8 Å². The number of anilines is 1. The number of esters is 1. The second-order valence-electron chi connectivity index (χ2n) is 9.54. The predicted octanol–water partition coefficient (Wildman–Crippen LogP) is 5.25. The first kappa shape index (κ1) is 27.5. The molecule has 4 aromatic carbocycles. The third-order valence-corrected chi connectivity index (χ3v) is 9.10. The molecule has 9 heteroatoms. The van der Waals surface area contributed by atoms with Crippen molar-refractivity contribution in [2.75, 3.05) is 24.6 Å². The average Bonchev–Trinajstić information content (AvgIpc) is 2.97. The van der Waals surface area contributed by atoms with Gasteiger partial charge in [0.25, 0.3) is 5.91 Å². The van der Waals surface area contributed by atoms with Gasteiger partial charge in [0.1, 0.15) is 5.82 Å². The highest BCUT2D eigenvalue weighted by molar-refractivity contribution is 7.89. The van der Waals surface area contributed by atoms with Crippen molar-refractivity contribution in [2.24, 2.45) is 0 Å². The van der Waals surface area contributed by atoms with Crippen LogP contribution in [0.5, 0.6) is 0 Å². The molecule has 0 spiro atoms. The summed E-state index contributed by atoms with van der Waals surface area (Å²) in [7, 11) is -4.04. The van der Waals surface area contributed by atoms with E-state index in [1.807, 2.05) is 61.5 Å². The molecule has 1 aliphatic rings. The molecule has 0 bridgehead atoms. The Balaban J connectivity index is 1.35. The van der Waals surface area contributed by atoms with Crippen molar-refractivity contribution in [3.05, 3.63) is 108 Å². The van der Waals surface area contributed by atoms with E-state index in [2.05, 4.69) is 0 Å². The monoisotopic (exact) mass is 560 g/mol. The van der Waals surface area contributed by atoms with Gasteiger partial charge in [-0.1, -0.05) is 60.7 Å². The Labute approximate surface area is 232 Å². The van der Waals surface area contributed by atoms with Gasteiger partial charge in [-0.05, 0) is 60.2 Å². The highest BCUT2D eigenvalue weighted by Crippen LogP contribution is 2.36. The second-order valence-corrected chi connectivity index (χ2v) is 11.4. The molecule has 0 radical (unpaired) electrons. The van der Waals surface area contributed by atoms with Gasteiger partial charge >= 0.3 is 5.97 Å². The van der Waals surface area contributed by atoms with Crippen molar-refractivity contribution in [2.45, 2.75) is 30.7 Å². The Morgan fingerprint density at radius 2 is 1.65 bits per heavy atom. The van der Waals surface area contributed by atoms with Crippen LogP contribution >= 0.6 is 0 Å². The summed E-state index contributed by atoms with van der Waals surface area (Å²) < 4.78 is 47.3. The van der Waals surface area contributed by atoms with Crippen molar-refractivity contribution in [3.8, 4) is 0 Å². The molecule has 206 valence electrons. The Morgan fingerprint density at radius 3 is 2.42 bits per heavy atom.